The maximum Gasteiger partial charge on any atom is 0.230 e. The van der Waals surface area contributed by atoms with Gasteiger partial charge in [0.2, 0.25) is 5.88 Å². The maximum atomic E-state index is 12.7. The normalized spacial score (nSPS) is 11.2. The highest BCUT2D eigenvalue weighted by Gasteiger charge is 2.12. The van der Waals surface area contributed by atoms with E-state index in [1.807, 2.05) is 69.6 Å². The van der Waals surface area contributed by atoms with E-state index in [0.29, 0.717) is 29.7 Å². The first-order valence-electron chi connectivity index (χ1n) is 12.3. The molecule has 0 aliphatic rings. The third-order valence-electron chi connectivity index (χ3n) is 6.18. The quantitative estimate of drug-likeness (QED) is 0.215. The minimum Gasteiger partial charge on any atom is -0.494 e. The van der Waals surface area contributed by atoms with Gasteiger partial charge in [-0.25, -0.2) is 9.97 Å². The number of aromatic nitrogens is 2. The molecule has 0 radical (unpaired) electrons. The third kappa shape index (κ3) is 7.28. The second-order valence-electron chi connectivity index (χ2n) is 9.53. The highest BCUT2D eigenvalue weighted by atomic mass is 35.5. The highest BCUT2D eigenvalue weighted by molar-refractivity contribution is 6.31. The number of halogens is 1. The average molecular weight is 518 g/mol. The number of carbonyl (C=O) groups excluding carboxylic acids is 1. The number of ketones is 1. The molecule has 4 rings (SSSR count). The maximum absolute atomic E-state index is 12.7. The molecule has 0 spiro atoms. The van der Waals surface area contributed by atoms with Crippen LogP contribution in [0.3, 0.4) is 0 Å². The second kappa shape index (κ2) is 12.2. The monoisotopic (exact) mass is 517 g/mol. The summed E-state index contributed by atoms with van der Waals surface area (Å²) in [5, 5.41) is 1.32. The molecule has 0 bridgehead atoms. The first-order valence-corrected chi connectivity index (χ1v) is 12.7. The predicted molar refractivity (Wildman–Crippen MR) is 148 cm³/mol. The summed E-state index contributed by atoms with van der Waals surface area (Å²) in [6, 6.07) is 17.1. The number of benzene rings is 3. The van der Waals surface area contributed by atoms with Crippen molar-refractivity contribution < 1.29 is 14.3 Å². The van der Waals surface area contributed by atoms with E-state index in [9.17, 15) is 4.79 Å². The summed E-state index contributed by atoms with van der Waals surface area (Å²) in [4.78, 5) is 23.5. The summed E-state index contributed by atoms with van der Waals surface area (Å²) in [6.45, 7) is 5.75. The Morgan fingerprint density at radius 3 is 2.38 bits per heavy atom. The lowest BCUT2D eigenvalue weighted by molar-refractivity contribution is -0.117. The number of Topliss-reactive ketones (excluding diaryl/α,β-unsaturated/α-hetero) is 1. The summed E-state index contributed by atoms with van der Waals surface area (Å²) in [6.07, 6.45) is 3.04. The van der Waals surface area contributed by atoms with Gasteiger partial charge in [-0.3, -0.25) is 4.79 Å². The smallest absolute Gasteiger partial charge is 0.230 e. The highest BCUT2D eigenvalue weighted by Crippen LogP contribution is 2.31. The van der Waals surface area contributed by atoms with Gasteiger partial charge in [-0.1, -0.05) is 29.8 Å². The van der Waals surface area contributed by atoms with Crippen LogP contribution in [-0.2, 0) is 17.6 Å². The van der Waals surface area contributed by atoms with E-state index in [1.54, 1.807) is 6.07 Å². The molecule has 0 atom stereocenters. The first-order chi connectivity index (χ1) is 17.8. The summed E-state index contributed by atoms with van der Waals surface area (Å²) < 4.78 is 11.8. The van der Waals surface area contributed by atoms with Crippen molar-refractivity contribution in [1.82, 2.24) is 14.9 Å². The number of hydrogen-bond donors (Lipinski definition) is 0. The van der Waals surface area contributed by atoms with Crippen LogP contribution in [0.15, 0.2) is 60.9 Å². The Balaban J connectivity index is 1.35. The van der Waals surface area contributed by atoms with E-state index in [1.165, 1.54) is 6.33 Å². The molecule has 0 saturated carbocycles. The topological polar surface area (TPSA) is 64.5 Å². The molecule has 0 fully saturated rings. The summed E-state index contributed by atoms with van der Waals surface area (Å²) in [7, 11) is 4.09. The molecule has 3 aromatic carbocycles. The molecule has 0 saturated heterocycles. The van der Waals surface area contributed by atoms with Crippen LogP contribution in [0.4, 0.5) is 0 Å². The number of ether oxygens (including phenoxy) is 2. The predicted octanol–water partition coefficient (Wildman–Crippen LogP) is 6.38. The van der Waals surface area contributed by atoms with Crippen molar-refractivity contribution in [1.29, 1.82) is 0 Å². The Labute approximate surface area is 223 Å². The Morgan fingerprint density at radius 1 is 0.919 bits per heavy atom. The van der Waals surface area contributed by atoms with Crippen molar-refractivity contribution in [3.63, 3.8) is 0 Å². The molecule has 4 aromatic rings. The van der Waals surface area contributed by atoms with E-state index in [-0.39, 0.29) is 12.2 Å². The van der Waals surface area contributed by atoms with E-state index in [4.69, 9.17) is 21.1 Å². The van der Waals surface area contributed by atoms with Gasteiger partial charge in [-0.2, -0.15) is 0 Å². The molecular weight excluding hydrogens is 486 g/mol. The zero-order valence-electron chi connectivity index (χ0n) is 21.8. The van der Waals surface area contributed by atoms with E-state index in [2.05, 4.69) is 21.8 Å². The van der Waals surface area contributed by atoms with Gasteiger partial charge < -0.3 is 14.4 Å². The van der Waals surface area contributed by atoms with Crippen molar-refractivity contribution in [3.8, 4) is 17.4 Å². The van der Waals surface area contributed by atoms with Crippen LogP contribution in [-0.4, -0.2) is 47.9 Å². The van der Waals surface area contributed by atoms with Gasteiger partial charge >= 0.3 is 0 Å². The van der Waals surface area contributed by atoms with E-state index >= 15 is 0 Å². The standard InChI is InChI=1S/C30H32ClN3O3/c1-20-14-27-29(15-21(20)2)32-19-33-30(27)37-26-11-8-23(28(31)18-26)17-24(35)16-22-6-9-25(10-7-22)36-13-5-12-34(3)4/h6-11,14-15,18-19H,5,12-13,16-17H2,1-4H3. The average Bonchev–Trinajstić information content (AvgIpc) is 2.85. The lowest BCUT2D eigenvalue weighted by Crippen LogP contribution is -2.15. The molecule has 6 nitrogen and oxygen atoms in total. The molecule has 0 aliphatic heterocycles. The Hall–Kier alpha value is -3.48. The number of fused-ring (bicyclic) bond motifs is 1. The minimum atomic E-state index is 0.0860. The molecule has 0 unspecified atom stereocenters. The summed E-state index contributed by atoms with van der Waals surface area (Å²) in [5.41, 5.74) is 4.84. The fourth-order valence-electron chi connectivity index (χ4n) is 4.00. The number of nitrogens with zero attached hydrogens (tertiary/aromatic N) is 3. The molecule has 1 heterocycles. The van der Waals surface area contributed by atoms with Gasteiger partial charge in [-0.15, -0.1) is 0 Å². The van der Waals surface area contributed by atoms with Gasteiger partial charge in [0.05, 0.1) is 17.5 Å². The van der Waals surface area contributed by atoms with Crippen molar-refractivity contribution in [3.05, 3.63) is 88.2 Å². The molecule has 0 aliphatic carbocycles. The van der Waals surface area contributed by atoms with Crippen LogP contribution in [0.1, 0.15) is 28.7 Å². The van der Waals surface area contributed by atoms with Crippen LogP contribution >= 0.6 is 11.6 Å². The zero-order valence-corrected chi connectivity index (χ0v) is 22.5. The number of aryl methyl sites for hydroxylation is 2. The van der Waals surface area contributed by atoms with E-state index in [0.717, 1.165) is 51.9 Å². The van der Waals surface area contributed by atoms with Crippen LogP contribution in [0.5, 0.6) is 17.4 Å². The summed E-state index contributed by atoms with van der Waals surface area (Å²) in [5.74, 6) is 1.93. The van der Waals surface area contributed by atoms with Gasteiger partial charge in [0.25, 0.3) is 0 Å². The Kier molecular flexibility index (Phi) is 8.74. The molecule has 192 valence electrons. The molecule has 7 heteroatoms. The fraction of sp³-hybridized carbons (Fsp3) is 0.300. The number of rotatable bonds is 11. The Morgan fingerprint density at radius 2 is 1.65 bits per heavy atom. The van der Waals surface area contributed by atoms with E-state index < -0.39 is 0 Å². The SMILES string of the molecule is Cc1cc2ncnc(Oc3ccc(CC(=O)Cc4ccc(OCCCN(C)C)cc4)c(Cl)c3)c2cc1C. The molecular formula is C30H32ClN3O3. The van der Waals surface area contributed by atoms with Gasteiger partial charge in [0, 0.05) is 24.4 Å². The summed E-state index contributed by atoms with van der Waals surface area (Å²) >= 11 is 6.52. The van der Waals surface area contributed by atoms with Crippen molar-refractivity contribution in [2.45, 2.75) is 33.1 Å². The number of hydrogen-bond acceptors (Lipinski definition) is 6. The van der Waals surface area contributed by atoms with Crippen molar-refractivity contribution in [2.75, 3.05) is 27.2 Å². The van der Waals surface area contributed by atoms with Crippen LogP contribution in [0.25, 0.3) is 10.9 Å². The molecule has 0 amide bonds. The second-order valence-corrected chi connectivity index (χ2v) is 9.94. The van der Waals surface area contributed by atoms with Gasteiger partial charge in [0.1, 0.15) is 23.6 Å². The Bertz CT molecular complexity index is 1390. The number of carbonyl (C=O) groups is 1. The molecule has 1 aromatic heterocycles. The molecule has 37 heavy (non-hydrogen) atoms. The lowest BCUT2D eigenvalue weighted by atomic mass is 10.0. The largest absolute Gasteiger partial charge is 0.494 e. The third-order valence-corrected chi connectivity index (χ3v) is 6.54. The molecule has 0 N–H and O–H groups in total. The minimum absolute atomic E-state index is 0.0860. The first kappa shape index (κ1) is 26.6. The van der Waals surface area contributed by atoms with Gasteiger partial charge in [-0.05, 0) is 93.0 Å². The van der Waals surface area contributed by atoms with Crippen LogP contribution in [0, 0.1) is 13.8 Å². The van der Waals surface area contributed by atoms with Gasteiger partial charge in [0.15, 0.2) is 0 Å². The van der Waals surface area contributed by atoms with Crippen LogP contribution < -0.4 is 9.47 Å². The lowest BCUT2D eigenvalue weighted by Gasteiger charge is -2.11. The van der Waals surface area contributed by atoms with Crippen LogP contribution in [0.2, 0.25) is 5.02 Å². The van der Waals surface area contributed by atoms with Crippen molar-refractivity contribution >= 4 is 28.3 Å². The fourth-order valence-corrected chi connectivity index (χ4v) is 4.23. The zero-order chi connectivity index (χ0) is 26.4. The van der Waals surface area contributed by atoms with Crippen molar-refractivity contribution in [2.24, 2.45) is 0 Å².